The molecule has 0 amide bonds. The van der Waals surface area contributed by atoms with Gasteiger partial charge in [0.2, 0.25) is 0 Å². The van der Waals surface area contributed by atoms with Crippen LogP contribution in [0.1, 0.15) is 5.56 Å². The molecule has 3 heteroatoms. The molecule has 0 bridgehead atoms. The molecule has 1 aromatic heterocycles. The van der Waals surface area contributed by atoms with Crippen LogP contribution in [0.4, 0.5) is 5.69 Å². The first kappa shape index (κ1) is 11.7. The first-order valence-electron chi connectivity index (χ1n) is 6.87. The molecule has 0 N–H and O–H groups in total. The predicted molar refractivity (Wildman–Crippen MR) is 84.0 cm³/mol. The maximum absolute atomic E-state index is 6.32. The standard InChI is InChI=1S/C17H14BNO/c1-11-4-2-3-5-13(11)17-16(18)14-10-12(19-8-9-19)6-7-15(14)20-17/h2-7,10H,8-9H2,1H3. The SMILES string of the molecule is [B]c1c(-c2ccccc2C)oc2ccc(N3CC3)cc12. The maximum Gasteiger partial charge on any atom is 0.134 e. The monoisotopic (exact) mass is 259 g/mol. The largest absolute Gasteiger partial charge is 0.457 e. The zero-order valence-corrected chi connectivity index (χ0v) is 11.4. The van der Waals surface area contributed by atoms with Crippen molar-refractivity contribution in [3.63, 3.8) is 0 Å². The van der Waals surface area contributed by atoms with Gasteiger partial charge in [-0.25, -0.2) is 0 Å². The Bertz CT molecular complexity index is 802. The summed E-state index contributed by atoms with van der Waals surface area (Å²) in [6.45, 7) is 4.34. The van der Waals surface area contributed by atoms with E-state index in [1.807, 2.05) is 18.2 Å². The number of aryl methyl sites for hydroxylation is 1. The number of benzene rings is 2. The van der Waals surface area contributed by atoms with E-state index in [0.717, 1.165) is 40.8 Å². The van der Waals surface area contributed by atoms with Gasteiger partial charge in [0.25, 0.3) is 0 Å². The van der Waals surface area contributed by atoms with Crippen molar-refractivity contribution in [2.75, 3.05) is 18.0 Å². The number of hydrogen-bond donors (Lipinski definition) is 0. The highest BCUT2D eigenvalue weighted by Crippen LogP contribution is 2.31. The third kappa shape index (κ3) is 1.74. The van der Waals surface area contributed by atoms with E-state index in [9.17, 15) is 0 Å². The van der Waals surface area contributed by atoms with Crippen LogP contribution < -0.4 is 10.4 Å². The summed E-state index contributed by atoms with van der Waals surface area (Å²) in [6.07, 6.45) is 0. The predicted octanol–water partition coefficient (Wildman–Crippen LogP) is 3.02. The molecule has 0 saturated carbocycles. The van der Waals surface area contributed by atoms with Gasteiger partial charge in [0.15, 0.2) is 0 Å². The Labute approximate surface area is 119 Å². The van der Waals surface area contributed by atoms with Crippen molar-refractivity contribution in [2.45, 2.75) is 6.92 Å². The van der Waals surface area contributed by atoms with E-state index >= 15 is 0 Å². The molecule has 0 unspecified atom stereocenters. The van der Waals surface area contributed by atoms with Gasteiger partial charge in [0, 0.05) is 29.7 Å². The summed E-state index contributed by atoms with van der Waals surface area (Å²) < 4.78 is 5.98. The quantitative estimate of drug-likeness (QED) is 0.519. The average Bonchev–Trinajstić information content (AvgIpc) is 3.25. The molecule has 2 aromatic carbocycles. The van der Waals surface area contributed by atoms with Gasteiger partial charge >= 0.3 is 0 Å². The number of furan rings is 1. The summed E-state index contributed by atoms with van der Waals surface area (Å²) in [4.78, 5) is 2.30. The minimum Gasteiger partial charge on any atom is -0.457 e. The molecule has 2 heterocycles. The second kappa shape index (κ2) is 4.17. The molecule has 4 rings (SSSR count). The summed E-state index contributed by atoms with van der Waals surface area (Å²) in [5.41, 5.74) is 5.05. The van der Waals surface area contributed by atoms with E-state index in [1.54, 1.807) is 0 Å². The number of nitrogens with zero attached hydrogens (tertiary/aromatic N) is 1. The average molecular weight is 259 g/mol. The first-order chi connectivity index (χ1) is 9.74. The lowest BCUT2D eigenvalue weighted by molar-refractivity contribution is 0.633. The number of anilines is 1. The van der Waals surface area contributed by atoms with Crippen molar-refractivity contribution in [1.29, 1.82) is 0 Å². The van der Waals surface area contributed by atoms with Gasteiger partial charge in [-0.3, -0.25) is 0 Å². The van der Waals surface area contributed by atoms with Gasteiger partial charge in [-0.2, -0.15) is 0 Å². The van der Waals surface area contributed by atoms with E-state index in [-0.39, 0.29) is 0 Å². The van der Waals surface area contributed by atoms with E-state index in [2.05, 4.69) is 36.1 Å². The summed E-state index contributed by atoms with van der Waals surface area (Å²) in [6, 6.07) is 14.4. The highest BCUT2D eigenvalue weighted by Gasteiger charge is 2.20. The number of fused-ring (bicyclic) bond motifs is 1. The highest BCUT2D eigenvalue weighted by molar-refractivity contribution is 6.42. The molecule has 1 aliphatic heterocycles. The van der Waals surface area contributed by atoms with Gasteiger partial charge in [0.05, 0.1) is 0 Å². The normalized spacial score (nSPS) is 13.9. The molecular weight excluding hydrogens is 245 g/mol. The molecule has 1 fully saturated rings. The van der Waals surface area contributed by atoms with Crippen LogP contribution in [0.25, 0.3) is 22.3 Å². The lowest BCUT2D eigenvalue weighted by Gasteiger charge is -2.03. The summed E-state index contributed by atoms with van der Waals surface area (Å²) in [5, 5.41) is 1.01. The topological polar surface area (TPSA) is 16.1 Å². The Balaban J connectivity index is 1.93. The van der Waals surface area contributed by atoms with E-state index < -0.39 is 0 Å². The Morgan fingerprint density at radius 2 is 1.90 bits per heavy atom. The second-order valence-electron chi connectivity index (χ2n) is 5.33. The van der Waals surface area contributed by atoms with Crippen molar-refractivity contribution >= 4 is 30.0 Å². The minimum atomic E-state index is 0.734. The summed E-state index contributed by atoms with van der Waals surface area (Å²) in [7, 11) is 6.32. The van der Waals surface area contributed by atoms with Crippen molar-refractivity contribution in [1.82, 2.24) is 0 Å². The number of rotatable bonds is 2. The van der Waals surface area contributed by atoms with Crippen LogP contribution in [0.3, 0.4) is 0 Å². The molecule has 1 aliphatic rings. The van der Waals surface area contributed by atoms with Crippen LogP contribution in [-0.2, 0) is 0 Å². The van der Waals surface area contributed by atoms with E-state index in [1.165, 1.54) is 11.3 Å². The lowest BCUT2D eigenvalue weighted by atomic mass is 9.89. The van der Waals surface area contributed by atoms with Crippen LogP contribution in [0.2, 0.25) is 0 Å². The smallest absolute Gasteiger partial charge is 0.134 e. The highest BCUT2D eigenvalue weighted by atomic mass is 16.3. The lowest BCUT2D eigenvalue weighted by Crippen LogP contribution is -2.04. The molecule has 2 radical (unpaired) electrons. The zero-order valence-electron chi connectivity index (χ0n) is 11.4. The van der Waals surface area contributed by atoms with Crippen LogP contribution in [0.5, 0.6) is 0 Å². The van der Waals surface area contributed by atoms with Crippen LogP contribution in [-0.4, -0.2) is 20.9 Å². The molecule has 1 saturated heterocycles. The fraction of sp³-hybridized carbons (Fsp3) is 0.176. The van der Waals surface area contributed by atoms with Gasteiger partial charge in [-0.1, -0.05) is 24.3 Å². The fourth-order valence-electron chi connectivity index (χ4n) is 2.64. The van der Waals surface area contributed by atoms with Gasteiger partial charge in [-0.15, -0.1) is 0 Å². The molecule has 2 nitrogen and oxygen atoms in total. The van der Waals surface area contributed by atoms with Crippen LogP contribution >= 0.6 is 0 Å². The minimum absolute atomic E-state index is 0.734. The van der Waals surface area contributed by atoms with E-state index in [4.69, 9.17) is 12.3 Å². The van der Waals surface area contributed by atoms with Crippen LogP contribution in [0.15, 0.2) is 46.9 Å². The van der Waals surface area contributed by atoms with Gasteiger partial charge in [-0.05, 0) is 36.1 Å². The molecule has 0 aliphatic carbocycles. The van der Waals surface area contributed by atoms with E-state index in [0.29, 0.717) is 0 Å². The first-order valence-corrected chi connectivity index (χ1v) is 6.87. The Kier molecular flexibility index (Phi) is 2.43. The molecular formula is C17H14BNO. The Hall–Kier alpha value is -2.16. The maximum atomic E-state index is 6.32. The zero-order chi connectivity index (χ0) is 13.7. The van der Waals surface area contributed by atoms with Gasteiger partial charge < -0.3 is 9.32 Å². The molecule has 0 spiro atoms. The molecule has 0 atom stereocenters. The Morgan fingerprint density at radius 1 is 1.10 bits per heavy atom. The van der Waals surface area contributed by atoms with Crippen molar-refractivity contribution < 1.29 is 4.42 Å². The third-order valence-electron chi connectivity index (χ3n) is 3.91. The number of hydrogen-bond acceptors (Lipinski definition) is 2. The van der Waals surface area contributed by atoms with Crippen molar-refractivity contribution in [3.8, 4) is 11.3 Å². The molecule has 3 aromatic rings. The molecule has 96 valence electrons. The van der Waals surface area contributed by atoms with Crippen molar-refractivity contribution in [2.24, 2.45) is 0 Å². The summed E-state index contributed by atoms with van der Waals surface area (Å²) in [5.74, 6) is 0.779. The molecule has 20 heavy (non-hydrogen) atoms. The second-order valence-corrected chi connectivity index (χ2v) is 5.33. The Morgan fingerprint density at radius 3 is 2.65 bits per heavy atom. The van der Waals surface area contributed by atoms with Gasteiger partial charge in [0.1, 0.15) is 19.2 Å². The van der Waals surface area contributed by atoms with Crippen molar-refractivity contribution in [3.05, 3.63) is 48.0 Å². The summed E-state index contributed by atoms with van der Waals surface area (Å²) >= 11 is 0. The fourth-order valence-corrected chi connectivity index (χ4v) is 2.64. The van der Waals surface area contributed by atoms with Crippen LogP contribution in [0, 0.1) is 6.92 Å². The third-order valence-corrected chi connectivity index (χ3v) is 3.91.